The van der Waals surface area contributed by atoms with E-state index < -0.39 is 0 Å². The van der Waals surface area contributed by atoms with Crippen LogP contribution in [-0.2, 0) is 6.54 Å². The summed E-state index contributed by atoms with van der Waals surface area (Å²) in [5, 5.41) is 15.3. The molecular formula is C19H20N4O2. The standard InChI is InChI=1S/C19H20N4O2/c1-21-19(22-11-15-8-6-14(10-20)7-9-15)23-12-16-13-24-17-4-2-3-5-18(17)25-16/h2-9,16H,11-13H2,1H3,(H2,21,22,23). The highest BCUT2D eigenvalue weighted by atomic mass is 16.6. The summed E-state index contributed by atoms with van der Waals surface area (Å²) in [6.07, 6.45) is -0.0802. The lowest BCUT2D eigenvalue weighted by Crippen LogP contribution is -2.45. The number of guanidine groups is 1. The van der Waals surface area contributed by atoms with Gasteiger partial charge in [-0.3, -0.25) is 4.99 Å². The van der Waals surface area contributed by atoms with Crippen LogP contribution in [0.5, 0.6) is 11.5 Å². The lowest BCUT2D eigenvalue weighted by molar-refractivity contribution is 0.0936. The van der Waals surface area contributed by atoms with Gasteiger partial charge in [0.05, 0.1) is 18.2 Å². The Kier molecular flexibility index (Phi) is 5.37. The van der Waals surface area contributed by atoms with Crippen LogP contribution in [0, 0.1) is 11.3 Å². The van der Waals surface area contributed by atoms with Crippen molar-refractivity contribution in [1.82, 2.24) is 10.6 Å². The Morgan fingerprint density at radius 3 is 2.64 bits per heavy atom. The number of fused-ring (bicyclic) bond motifs is 1. The van der Waals surface area contributed by atoms with Crippen molar-refractivity contribution in [3.05, 3.63) is 59.7 Å². The van der Waals surface area contributed by atoms with Gasteiger partial charge in [0.15, 0.2) is 17.5 Å². The van der Waals surface area contributed by atoms with Crippen LogP contribution in [0.15, 0.2) is 53.5 Å². The van der Waals surface area contributed by atoms with Crippen LogP contribution in [0.2, 0.25) is 0 Å². The quantitative estimate of drug-likeness (QED) is 0.660. The number of hydrogen-bond donors (Lipinski definition) is 2. The van der Waals surface area contributed by atoms with E-state index in [1.54, 1.807) is 19.2 Å². The summed E-state index contributed by atoms with van der Waals surface area (Å²) in [4.78, 5) is 4.21. The minimum absolute atomic E-state index is 0.0802. The average Bonchev–Trinajstić information content (AvgIpc) is 2.68. The van der Waals surface area contributed by atoms with Crippen molar-refractivity contribution < 1.29 is 9.47 Å². The van der Waals surface area contributed by atoms with Crippen molar-refractivity contribution in [1.29, 1.82) is 5.26 Å². The number of benzene rings is 2. The molecular weight excluding hydrogens is 316 g/mol. The third-order valence-corrected chi connectivity index (χ3v) is 3.83. The van der Waals surface area contributed by atoms with Crippen molar-refractivity contribution in [2.24, 2.45) is 4.99 Å². The maximum absolute atomic E-state index is 8.82. The van der Waals surface area contributed by atoms with Crippen molar-refractivity contribution in [2.75, 3.05) is 20.2 Å². The Morgan fingerprint density at radius 1 is 1.16 bits per heavy atom. The Bertz CT molecular complexity index is 781. The zero-order valence-corrected chi connectivity index (χ0v) is 14.0. The normalized spacial score (nSPS) is 16.0. The first-order valence-electron chi connectivity index (χ1n) is 8.10. The molecule has 0 bridgehead atoms. The second kappa shape index (κ2) is 8.06. The van der Waals surface area contributed by atoms with Crippen LogP contribution in [0.1, 0.15) is 11.1 Å². The Labute approximate surface area is 147 Å². The van der Waals surface area contributed by atoms with E-state index in [1.807, 2.05) is 36.4 Å². The van der Waals surface area contributed by atoms with Gasteiger partial charge in [-0.05, 0) is 29.8 Å². The van der Waals surface area contributed by atoms with Gasteiger partial charge in [0.25, 0.3) is 0 Å². The molecule has 25 heavy (non-hydrogen) atoms. The van der Waals surface area contributed by atoms with E-state index in [1.165, 1.54) is 0 Å². The van der Waals surface area contributed by atoms with Crippen LogP contribution >= 0.6 is 0 Å². The minimum atomic E-state index is -0.0802. The molecule has 2 N–H and O–H groups in total. The highest BCUT2D eigenvalue weighted by Crippen LogP contribution is 2.30. The van der Waals surface area contributed by atoms with E-state index in [0.29, 0.717) is 31.2 Å². The number of rotatable bonds is 4. The van der Waals surface area contributed by atoms with E-state index in [9.17, 15) is 0 Å². The largest absolute Gasteiger partial charge is 0.486 e. The van der Waals surface area contributed by atoms with Gasteiger partial charge in [-0.2, -0.15) is 5.26 Å². The first-order valence-corrected chi connectivity index (χ1v) is 8.10. The van der Waals surface area contributed by atoms with E-state index in [0.717, 1.165) is 17.1 Å². The molecule has 1 atom stereocenters. The summed E-state index contributed by atoms with van der Waals surface area (Å²) in [6, 6.07) is 17.2. The fourth-order valence-electron chi connectivity index (χ4n) is 2.48. The average molecular weight is 336 g/mol. The molecule has 1 heterocycles. The number of nitriles is 1. The molecule has 2 aromatic carbocycles. The van der Waals surface area contributed by atoms with E-state index in [2.05, 4.69) is 21.7 Å². The van der Waals surface area contributed by atoms with E-state index in [-0.39, 0.29) is 6.10 Å². The summed E-state index contributed by atoms with van der Waals surface area (Å²) in [7, 11) is 1.72. The number of para-hydroxylation sites is 2. The SMILES string of the molecule is CN=C(NCc1ccc(C#N)cc1)NCC1COc2ccccc2O1. The molecule has 1 unspecified atom stereocenters. The molecule has 3 rings (SSSR count). The van der Waals surface area contributed by atoms with Crippen molar-refractivity contribution in [3.8, 4) is 17.6 Å². The number of aliphatic imine (C=N–C) groups is 1. The molecule has 0 saturated heterocycles. The molecule has 0 spiro atoms. The van der Waals surface area contributed by atoms with Crippen molar-refractivity contribution >= 4 is 5.96 Å². The molecule has 1 aliphatic rings. The third-order valence-electron chi connectivity index (χ3n) is 3.83. The van der Waals surface area contributed by atoms with E-state index >= 15 is 0 Å². The third kappa shape index (κ3) is 4.42. The predicted molar refractivity (Wildman–Crippen MR) is 95.7 cm³/mol. The molecule has 0 aromatic heterocycles. The summed E-state index contributed by atoms with van der Waals surface area (Å²) < 4.78 is 11.6. The molecule has 0 saturated carbocycles. The van der Waals surface area contributed by atoms with Gasteiger partial charge in [-0.25, -0.2) is 0 Å². The molecule has 1 aliphatic heterocycles. The second-order valence-corrected chi connectivity index (χ2v) is 5.61. The zero-order chi connectivity index (χ0) is 17.5. The molecule has 6 heteroatoms. The van der Waals surface area contributed by atoms with E-state index in [4.69, 9.17) is 14.7 Å². The molecule has 0 amide bonds. The number of nitrogens with zero attached hydrogens (tertiary/aromatic N) is 2. The molecule has 128 valence electrons. The smallest absolute Gasteiger partial charge is 0.191 e. The first-order chi connectivity index (χ1) is 12.3. The molecule has 2 aromatic rings. The summed E-state index contributed by atoms with van der Waals surface area (Å²) >= 11 is 0. The Balaban J connectivity index is 1.47. The van der Waals surface area contributed by atoms with Crippen molar-refractivity contribution in [3.63, 3.8) is 0 Å². The van der Waals surface area contributed by atoms with Gasteiger partial charge in [0.1, 0.15) is 12.7 Å². The topological polar surface area (TPSA) is 78.7 Å². The van der Waals surface area contributed by atoms with Gasteiger partial charge in [-0.1, -0.05) is 24.3 Å². The van der Waals surface area contributed by atoms with Crippen LogP contribution in [0.3, 0.4) is 0 Å². The molecule has 0 aliphatic carbocycles. The van der Waals surface area contributed by atoms with Gasteiger partial charge in [0, 0.05) is 13.6 Å². The highest BCUT2D eigenvalue weighted by Gasteiger charge is 2.20. The minimum Gasteiger partial charge on any atom is -0.486 e. The highest BCUT2D eigenvalue weighted by molar-refractivity contribution is 5.79. The number of hydrogen-bond acceptors (Lipinski definition) is 4. The maximum atomic E-state index is 8.82. The van der Waals surface area contributed by atoms with Gasteiger partial charge in [0.2, 0.25) is 0 Å². The molecule has 0 radical (unpaired) electrons. The fraction of sp³-hybridized carbons (Fsp3) is 0.263. The van der Waals surface area contributed by atoms with Crippen molar-refractivity contribution in [2.45, 2.75) is 12.6 Å². The zero-order valence-electron chi connectivity index (χ0n) is 14.0. The lowest BCUT2D eigenvalue weighted by Gasteiger charge is -2.27. The first kappa shape index (κ1) is 16.7. The molecule has 0 fully saturated rings. The second-order valence-electron chi connectivity index (χ2n) is 5.61. The Hall–Kier alpha value is -3.20. The van der Waals surface area contributed by atoms with Crippen LogP contribution in [0.25, 0.3) is 0 Å². The van der Waals surface area contributed by atoms with Crippen LogP contribution in [0.4, 0.5) is 0 Å². The maximum Gasteiger partial charge on any atom is 0.191 e. The summed E-state index contributed by atoms with van der Waals surface area (Å²) in [6.45, 7) is 1.70. The lowest BCUT2D eigenvalue weighted by atomic mass is 10.1. The van der Waals surface area contributed by atoms with Gasteiger partial charge < -0.3 is 20.1 Å². The number of nitrogens with one attached hydrogen (secondary N) is 2. The molecule has 6 nitrogen and oxygen atoms in total. The van der Waals surface area contributed by atoms with Gasteiger partial charge in [-0.15, -0.1) is 0 Å². The fourth-order valence-corrected chi connectivity index (χ4v) is 2.48. The monoisotopic (exact) mass is 336 g/mol. The van der Waals surface area contributed by atoms with Crippen LogP contribution in [-0.4, -0.2) is 32.3 Å². The Morgan fingerprint density at radius 2 is 1.92 bits per heavy atom. The van der Waals surface area contributed by atoms with Crippen LogP contribution < -0.4 is 20.1 Å². The predicted octanol–water partition coefficient (Wildman–Crippen LogP) is 2.06. The van der Waals surface area contributed by atoms with Gasteiger partial charge >= 0.3 is 0 Å². The summed E-state index contributed by atoms with van der Waals surface area (Å²) in [5.41, 5.74) is 1.73. The summed E-state index contributed by atoms with van der Waals surface area (Å²) in [5.74, 6) is 2.23. The number of ether oxygens (including phenoxy) is 2.